The lowest BCUT2D eigenvalue weighted by atomic mass is 9.93. The molecule has 4 aromatic rings. The normalized spacial score (nSPS) is 18.7. The van der Waals surface area contributed by atoms with Crippen molar-refractivity contribution in [1.29, 1.82) is 0 Å². The number of aromatic amines is 2. The number of H-pyrrole nitrogens is 2. The van der Waals surface area contributed by atoms with Crippen molar-refractivity contribution in [2.45, 2.75) is 31.3 Å². The van der Waals surface area contributed by atoms with Crippen molar-refractivity contribution in [3.8, 4) is 16.9 Å². The summed E-state index contributed by atoms with van der Waals surface area (Å²) in [5, 5.41) is 1.63. The van der Waals surface area contributed by atoms with Crippen molar-refractivity contribution < 1.29 is 9.53 Å². The maximum atomic E-state index is 13.3. The number of nitrogens with one attached hydrogen (secondary N) is 2. The number of hydrogen-bond acceptors (Lipinski definition) is 4. The van der Waals surface area contributed by atoms with Crippen molar-refractivity contribution >= 4 is 28.5 Å². The van der Waals surface area contributed by atoms with Crippen LogP contribution in [0, 0.1) is 0 Å². The van der Waals surface area contributed by atoms with Crippen LogP contribution in [0.2, 0.25) is 5.02 Å². The second-order valence-electron chi connectivity index (χ2n) is 8.46. The van der Waals surface area contributed by atoms with E-state index in [4.69, 9.17) is 16.3 Å². The number of nitrogens with zero attached hydrogens (tertiary/aromatic N) is 3. The molecule has 1 aromatic carbocycles. The third-order valence-electron chi connectivity index (χ3n) is 6.59. The van der Waals surface area contributed by atoms with E-state index < -0.39 is 6.10 Å². The Morgan fingerprint density at radius 3 is 2.84 bits per heavy atom. The Morgan fingerprint density at radius 2 is 2.03 bits per heavy atom. The zero-order valence-electron chi connectivity index (χ0n) is 17.3. The molecule has 162 valence electrons. The SMILES string of the molecule is O=C(C1Cc2cc(Cl)cc(-c3ccnc4[nH]ccc34)c2O1)N1CCC(c2cnc[nH]2)CC1. The Kier molecular flexibility index (Phi) is 4.64. The van der Waals surface area contributed by atoms with Crippen LogP contribution >= 0.6 is 11.6 Å². The minimum Gasteiger partial charge on any atom is -0.479 e. The molecule has 1 amide bonds. The molecule has 0 saturated carbocycles. The van der Waals surface area contributed by atoms with Gasteiger partial charge in [0.2, 0.25) is 0 Å². The maximum Gasteiger partial charge on any atom is 0.263 e. The summed E-state index contributed by atoms with van der Waals surface area (Å²) in [6, 6.07) is 7.77. The zero-order chi connectivity index (χ0) is 21.7. The average Bonchev–Trinajstić information content (AvgIpc) is 3.58. The number of amides is 1. The Bertz CT molecular complexity index is 1290. The fraction of sp³-hybridized carbons (Fsp3) is 0.292. The van der Waals surface area contributed by atoms with Gasteiger partial charge in [0.25, 0.3) is 5.91 Å². The Labute approximate surface area is 189 Å². The lowest BCUT2D eigenvalue weighted by Crippen LogP contribution is -2.45. The average molecular weight is 448 g/mol. The number of carbonyl (C=O) groups excluding carboxylic acids is 1. The summed E-state index contributed by atoms with van der Waals surface area (Å²) in [4.78, 5) is 30.1. The minimum absolute atomic E-state index is 0.0489. The fourth-order valence-electron chi connectivity index (χ4n) is 4.96. The van der Waals surface area contributed by atoms with Gasteiger partial charge in [-0.15, -0.1) is 0 Å². The van der Waals surface area contributed by atoms with Crippen LogP contribution in [0.15, 0.2) is 49.2 Å². The number of fused-ring (bicyclic) bond motifs is 2. The van der Waals surface area contributed by atoms with E-state index in [-0.39, 0.29) is 5.91 Å². The van der Waals surface area contributed by atoms with Crippen LogP contribution in [0.4, 0.5) is 0 Å². The van der Waals surface area contributed by atoms with Gasteiger partial charge in [0.1, 0.15) is 11.4 Å². The number of hydrogen-bond donors (Lipinski definition) is 2. The summed E-state index contributed by atoms with van der Waals surface area (Å²) in [7, 11) is 0. The first-order valence-electron chi connectivity index (χ1n) is 10.9. The monoisotopic (exact) mass is 447 g/mol. The number of aromatic nitrogens is 4. The molecular weight excluding hydrogens is 426 g/mol. The number of piperidine rings is 1. The molecule has 1 unspecified atom stereocenters. The zero-order valence-corrected chi connectivity index (χ0v) is 18.1. The fourth-order valence-corrected chi connectivity index (χ4v) is 5.20. The van der Waals surface area contributed by atoms with Gasteiger partial charge in [0, 0.05) is 71.2 Å². The molecule has 0 spiro atoms. The molecule has 3 aromatic heterocycles. The summed E-state index contributed by atoms with van der Waals surface area (Å²) >= 11 is 6.46. The van der Waals surface area contributed by atoms with Crippen LogP contribution < -0.4 is 4.74 Å². The van der Waals surface area contributed by atoms with E-state index in [0.717, 1.165) is 65.1 Å². The van der Waals surface area contributed by atoms with Crippen molar-refractivity contribution in [3.05, 3.63) is 65.5 Å². The molecule has 0 bridgehead atoms. The van der Waals surface area contributed by atoms with E-state index in [2.05, 4.69) is 19.9 Å². The molecule has 0 radical (unpaired) electrons. The van der Waals surface area contributed by atoms with Crippen molar-refractivity contribution in [1.82, 2.24) is 24.8 Å². The van der Waals surface area contributed by atoms with Gasteiger partial charge in [-0.05, 0) is 42.7 Å². The highest BCUT2D eigenvalue weighted by molar-refractivity contribution is 6.31. The lowest BCUT2D eigenvalue weighted by molar-refractivity contribution is -0.139. The van der Waals surface area contributed by atoms with E-state index in [0.29, 0.717) is 17.4 Å². The molecule has 1 fully saturated rings. The van der Waals surface area contributed by atoms with Gasteiger partial charge in [-0.1, -0.05) is 11.6 Å². The summed E-state index contributed by atoms with van der Waals surface area (Å²) in [6.07, 6.45) is 9.08. The second-order valence-corrected chi connectivity index (χ2v) is 8.89. The van der Waals surface area contributed by atoms with Crippen LogP contribution in [0.3, 0.4) is 0 Å². The van der Waals surface area contributed by atoms with Gasteiger partial charge in [-0.25, -0.2) is 9.97 Å². The first-order valence-corrected chi connectivity index (χ1v) is 11.2. The molecular formula is C24H22ClN5O2. The molecule has 2 aliphatic rings. The van der Waals surface area contributed by atoms with Crippen molar-refractivity contribution in [3.63, 3.8) is 0 Å². The Morgan fingerprint density at radius 1 is 1.16 bits per heavy atom. The largest absolute Gasteiger partial charge is 0.479 e. The Hall–Kier alpha value is -3.32. The third-order valence-corrected chi connectivity index (χ3v) is 6.81. The lowest BCUT2D eigenvalue weighted by Gasteiger charge is -2.32. The molecule has 0 aliphatic carbocycles. The summed E-state index contributed by atoms with van der Waals surface area (Å²) in [6.45, 7) is 1.45. The number of rotatable bonds is 3. The van der Waals surface area contributed by atoms with Gasteiger partial charge in [0.05, 0.1) is 6.33 Å². The molecule has 2 aliphatic heterocycles. The molecule has 2 N–H and O–H groups in total. The number of halogens is 1. The molecule has 32 heavy (non-hydrogen) atoms. The van der Waals surface area contributed by atoms with E-state index in [1.165, 1.54) is 0 Å². The first-order chi connectivity index (χ1) is 15.7. The van der Waals surface area contributed by atoms with Crippen LogP contribution in [0.1, 0.15) is 30.0 Å². The standard InChI is InChI=1S/C24H22ClN5O2/c25-16-9-15-10-21(24(31)30-7-3-14(4-8-30)20-12-26-13-29-20)32-22(15)19(11-16)17-1-5-27-23-18(17)2-6-28-23/h1-2,5-6,9,11-14,21H,3-4,7-8,10H2,(H,26,29)(H,27,28). The van der Waals surface area contributed by atoms with Gasteiger partial charge in [0.15, 0.2) is 6.10 Å². The molecule has 1 saturated heterocycles. The summed E-state index contributed by atoms with van der Waals surface area (Å²) in [5.74, 6) is 1.21. The number of ether oxygens (including phenoxy) is 1. The molecule has 1 atom stereocenters. The molecule has 8 heteroatoms. The number of benzene rings is 1. The number of likely N-dealkylation sites (tertiary alicyclic amines) is 1. The van der Waals surface area contributed by atoms with E-state index in [1.54, 1.807) is 12.5 Å². The van der Waals surface area contributed by atoms with E-state index >= 15 is 0 Å². The minimum atomic E-state index is -0.519. The number of imidazole rings is 1. The third kappa shape index (κ3) is 3.24. The molecule has 7 nitrogen and oxygen atoms in total. The predicted octanol–water partition coefficient (Wildman–Crippen LogP) is 4.32. The molecule has 5 heterocycles. The summed E-state index contributed by atoms with van der Waals surface area (Å²) in [5.41, 5.74) is 4.81. The first kappa shape index (κ1) is 19.4. The number of pyridine rings is 1. The predicted molar refractivity (Wildman–Crippen MR) is 122 cm³/mol. The van der Waals surface area contributed by atoms with Gasteiger partial charge >= 0.3 is 0 Å². The summed E-state index contributed by atoms with van der Waals surface area (Å²) < 4.78 is 6.29. The topological polar surface area (TPSA) is 86.9 Å². The smallest absolute Gasteiger partial charge is 0.263 e. The van der Waals surface area contributed by atoms with Gasteiger partial charge in [-0.2, -0.15) is 0 Å². The Balaban J connectivity index is 1.24. The van der Waals surface area contributed by atoms with E-state index in [1.807, 2.05) is 41.6 Å². The van der Waals surface area contributed by atoms with Crippen LogP contribution in [0.25, 0.3) is 22.2 Å². The van der Waals surface area contributed by atoms with Gasteiger partial charge in [-0.3, -0.25) is 4.79 Å². The maximum absolute atomic E-state index is 13.3. The number of carbonyl (C=O) groups is 1. The van der Waals surface area contributed by atoms with E-state index in [9.17, 15) is 4.79 Å². The quantitative estimate of drug-likeness (QED) is 0.489. The molecule has 6 rings (SSSR count). The van der Waals surface area contributed by atoms with Crippen LogP contribution in [-0.4, -0.2) is 49.9 Å². The van der Waals surface area contributed by atoms with Crippen molar-refractivity contribution in [2.75, 3.05) is 13.1 Å². The highest BCUT2D eigenvalue weighted by Crippen LogP contribution is 2.43. The second kappa shape index (κ2) is 7.67. The highest BCUT2D eigenvalue weighted by Gasteiger charge is 2.36. The van der Waals surface area contributed by atoms with Crippen LogP contribution in [0.5, 0.6) is 5.75 Å². The van der Waals surface area contributed by atoms with Gasteiger partial charge < -0.3 is 19.6 Å². The van der Waals surface area contributed by atoms with Crippen LogP contribution in [-0.2, 0) is 11.2 Å². The highest BCUT2D eigenvalue weighted by atomic mass is 35.5. The van der Waals surface area contributed by atoms with Crippen molar-refractivity contribution in [2.24, 2.45) is 0 Å².